The molecule has 1 N–H and O–H groups in total. The number of likely N-dealkylation sites (N-methyl/N-ethyl adjacent to an activating group) is 1. The summed E-state index contributed by atoms with van der Waals surface area (Å²) in [5.74, 6) is 0.973. The predicted octanol–water partition coefficient (Wildman–Crippen LogP) is 1.28. The summed E-state index contributed by atoms with van der Waals surface area (Å²) < 4.78 is 1.74. The highest BCUT2D eigenvalue weighted by Gasteiger charge is 2.11. The minimum Gasteiger partial charge on any atom is -0.352 e. The highest BCUT2D eigenvalue weighted by atomic mass is 127. The molecular formula is C13H17IN6. The Bertz CT molecular complexity index is 563. The highest BCUT2D eigenvalue weighted by Crippen LogP contribution is 2.08. The van der Waals surface area contributed by atoms with Gasteiger partial charge in [0.25, 0.3) is 0 Å². The molecule has 0 unspecified atom stereocenters. The number of halogens is 1. The molecule has 0 spiro atoms. The molecule has 1 aliphatic heterocycles. The highest BCUT2D eigenvalue weighted by molar-refractivity contribution is 14.0. The third-order valence-corrected chi connectivity index (χ3v) is 3.13. The van der Waals surface area contributed by atoms with Gasteiger partial charge in [0.05, 0.1) is 12.2 Å². The van der Waals surface area contributed by atoms with Crippen molar-refractivity contribution in [3.8, 4) is 5.69 Å². The number of hydrogen-bond donors (Lipinski definition) is 1. The Kier molecular flexibility index (Phi) is 4.94. The largest absolute Gasteiger partial charge is 0.352 e. The van der Waals surface area contributed by atoms with Gasteiger partial charge in [-0.05, 0) is 17.7 Å². The zero-order valence-corrected chi connectivity index (χ0v) is 13.6. The average Bonchev–Trinajstić information content (AvgIpc) is 3.09. The molecule has 7 heteroatoms. The molecule has 2 aromatic rings. The van der Waals surface area contributed by atoms with Gasteiger partial charge in [0.1, 0.15) is 12.7 Å². The molecule has 0 aliphatic carbocycles. The topological polar surface area (TPSA) is 58.3 Å². The number of benzene rings is 1. The first-order valence-corrected chi connectivity index (χ1v) is 6.26. The normalized spacial score (nSPS) is 13.8. The van der Waals surface area contributed by atoms with Crippen molar-refractivity contribution in [2.24, 2.45) is 4.99 Å². The van der Waals surface area contributed by atoms with Crippen molar-refractivity contribution < 1.29 is 0 Å². The van der Waals surface area contributed by atoms with Gasteiger partial charge in [-0.15, -0.1) is 24.0 Å². The van der Waals surface area contributed by atoms with Crippen molar-refractivity contribution in [1.29, 1.82) is 0 Å². The standard InChI is InChI=1S/C13H16N6.HI/c1-18-7-6-15-13(18)16-8-11-2-4-12(5-3-11)19-10-14-9-17-19;/h2-5,9-10H,6-8H2,1H3,(H,15,16);1H. The Morgan fingerprint density at radius 3 is 2.65 bits per heavy atom. The summed E-state index contributed by atoms with van der Waals surface area (Å²) in [6.45, 7) is 2.65. The van der Waals surface area contributed by atoms with E-state index >= 15 is 0 Å². The summed E-state index contributed by atoms with van der Waals surface area (Å²) >= 11 is 0. The van der Waals surface area contributed by atoms with Gasteiger partial charge < -0.3 is 10.2 Å². The van der Waals surface area contributed by atoms with Gasteiger partial charge in [0.15, 0.2) is 5.96 Å². The summed E-state index contributed by atoms with van der Waals surface area (Å²) in [6.07, 6.45) is 3.22. The van der Waals surface area contributed by atoms with Gasteiger partial charge in [-0.2, -0.15) is 5.10 Å². The lowest BCUT2D eigenvalue weighted by Gasteiger charge is -2.15. The van der Waals surface area contributed by atoms with E-state index < -0.39 is 0 Å². The molecule has 20 heavy (non-hydrogen) atoms. The van der Waals surface area contributed by atoms with Crippen LogP contribution in [0.1, 0.15) is 5.56 Å². The van der Waals surface area contributed by atoms with E-state index in [4.69, 9.17) is 0 Å². The Morgan fingerprint density at radius 2 is 2.05 bits per heavy atom. The van der Waals surface area contributed by atoms with Crippen LogP contribution in [-0.4, -0.2) is 45.8 Å². The molecule has 3 rings (SSSR count). The number of hydrogen-bond acceptors (Lipinski definition) is 5. The van der Waals surface area contributed by atoms with E-state index in [-0.39, 0.29) is 24.0 Å². The molecule has 0 saturated heterocycles. The van der Waals surface area contributed by atoms with E-state index in [2.05, 4.69) is 37.4 Å². The van der Waals surface area contributed by atoms with Crippen LogP contribution in [0.3, 0.4) is 0 Å². The molecule has 0 fully saturated rings. The summed E-state index contributed by atoms with van der Waals surface area (Å²) in [5, 5.41) is 7.44. The monoisotopic (exact) mass is 384 g/mol. The fourth-order valence-electron chi connectivity index (χ4n) is 2.01. The fourth-order valence-corrected chi connectivity index (χ4v) is 2.01. The molecule has 0 saturated carbocycles. The van der Waals surface area contributed by atoms with Crippen LogP contribution >= 0.6 is 24.0 Å². The van der Waals surface area contributed by atoms with Crippen LogP contribution in [0.15, 0.2) is 41.9 Å². The lowest BCUT2D eigenvalue weighted by molar-refractivity contribution is 0.534. The summed E-state index contributed by atoms with van der Waals surface area (Å²) in [6, 6.07) is 8.23. The first-order chi connectivity index (χ1) is 9.33. The molecule has 1 aromatic heterocycles. The zero-order valence-electron chi connectivity index (χ0n) is 11.2. The first-order valence-electron chi connectivity index (χ1n) is 6.26. The van der Waals surface area contributed by atoms with Crippen molar-refractivity contribution in [2.45, 2.75) is 6.54 Å². The van der Waals surface area contributed by atoms with Gasteiger partial charge >= 0.3 is 0 Å². The van der Waals surface area contributed by atoms with Crippen molar-refractivity contribution in [3.63, 3.8) is 0 Å². The van der Waals surface area contributed by atoms with E-state index in [9.17, 15) is 0 Å². The zero-order chi connectivity index (χ0) is 13.1. The molecule has 0 radical (unpaired) electrons. The molecule has 1 aromatic carbocycles. The second-order valence-corrected chi connectivity index (χ2v) is 4.49. The Morgan fingerprint density at radius 1 is 1.25 bits per heavy atom. The lowest BCUT2D eigenvalue weighted by Crippen LogP contribution is -2.35. The number of rotatable bonds is 3. The SMILES string of the molecule is CN1CCN=C1NCc1ccc(-n2cncn2)cc1.I. The summed E-state index contributed by atoms with van der Waals surface area (Å²) in [5.41, 5.74) is 2.23. The Balaban J connectivity index is 0.00000147. The van der Waals surface area contributed by atoms with Crippen LogP contribution in [0, 0.1) is 0 Å². The van der Waals surface area contributed by atoms with Gasteiger partial charge in [-0.3, -0.25) is 4.99 Å². The molecule has 0 bridgehead atoms. The third kappa shape index (κ3) is 3.27. The van der Waals surface area contributed by atoms with E-state index in [0.717, 1.165) is 31.3 Å². The average molecular weight is 384 g/mol. The van der Waals surface area contributed by atoms with Crippen LogP contribution in [0.25, 0.3) is 5.69 Å². The van der Waals surface area contributed by atoms with Crippen LogP contribution in [-0.2, 0) is 6.54 Å². The van der Waals surface area contributed by atoms with E-state index in [1.165, 1.54) is 11.9 Å². The second-order valence-electron chi connectivity index (χ2n) is 4.49. The summed E-state index contributed by atoms with van der Waals surface area (Å²) in [4.78, 5) is 10.5. The van der Waals surface area contributed by atoms with Crippen molar-refractivity contribution in [3.05, 3.63) is 42.5 Å². The number of guanidine groups is 1. The lowest BCUT2D eigenvalue weighted by atomic mass is 10.2. The minimum atomic E-state index is 0. The number of nitrogens with zero attached hydrogens (tertiary/aromatic N) is 5. The van der Waals surface area contributed by atoms with Crippen molar-refractivity contribution >= 4 is 29.9 Å². The van der Waals surface area contributed by atoms with E-state index in [1.54, 1.807) is 11.0 Å². The molecule has 106 valence electrons. The van der Waals surface area contributed by atoms with E-state index in [1.807, 2.05) is 19.2 Å². The molecule has 0 amide bonds. The van der Waals surface area contributed by atoms with Gasteiger partial charge in [-0.1, -0.05) is 12.1 Å². The maximum Gasteiger partial charge on any atom is 0.194 e. The number of nitrogens with one attached hydrogen (secondary N) is 1. The summed E-state index contributed by atoms with van der Waals surface area (Å²) in [7, 11) is 2.05. The van der Waals surface area contributed by atoms with Gasteiger partial charge in [0.2, 0.25) is 0 Å². The Hall–Kier alpha value is -1.64. The van der Waals surface area contributed by atoms with Crippen LogP contribution < -0.4 is 5.32 Å². The molecule has 6 nitrogen and oxygen atoms in total. The first kappa shape index (κ1) is 14.8. The third-order valence-electron chi connectivity index (χ3n) is 3.13. The number of aromatic nitrogens is 3. The van der Waals surface area contributed by atoms with Crippen LogP contribution in [0.5, 0.6) is 0 Å². The fraction of sp³-hybridized carbons (Fsp3) is 0.308. The second kappa shape index (κ2) is 6.69. The maximum absolute atomic E-state index is 4.40. The smallest absolute Gasteiger partial charge is 0.194 e. The number of aliphatic imine (C=N–C) groups is 1. The van der Waals surface area contributed by atoms with Gasteiger partial charge in [0, 0.05) is 20.1 Å². The van der Waals surface area contributed by atoms with Crippen molar-refractivity contribution in [1.82, 2.24) is 25.0 Å². The van der Waals surface area contributed by atoms with Crippen molar-refractivity contribution in [2.75, 3.05) is 20.1 Å². The maximum atomic E-state index is 4.40. The molecule has 1 aliphatic rings. The van der Waals surface area contributed by atoms with Crippen LogP contribution in [0.4, 0.5) is 0 Å². The molecular weight excluding hydrogens is 367 g/mol. The van der Waals surface area contributed by atoms with Gasteiger partial charge in [-0.25, -0.2) is 9.67 Å². The Labute approximate surface area is 134 Å². The minimum absolute atomic E-state index is 0. The van der Waals surface area contributed by atoms with E-state index in [0.29, 0.717) is 0 Å². The molecule has 0 atom stereocenters. The molecule has 2 heterocycles. The predicted molar refractivity (Wildman–Crippen MR) is 88.5 cm³/mol. The quantitative estimate of drug-likeness (QED) is 0.811. The van der Waals surface area contributed by atoms with Crippen LogP contribution in [0.2, 0.25) is 0 Å².